The molecule has 0 saturated heterocycles. The van der Waals surface area contributed by atoms with Crippen LogP contribution in [0, 0.1) is 0 Å². The first-order chi connectivity index (χ1) is 4.88. The van der Waals surface area contributed by atoms with E-state index in [4.69, 9.17) is 5.84 Å². The van der Waals surface area contributed by atoms with Crippen molar-refractivity contribution in [2.24, 2.45) is 0 Å². The minimum atomic E-state index is 0.824. The monoisotopic (exact) mass is 134 g/mol. The average molecular weight is 134 g/mol. The molecule has 2 rings (SSSR count). The van der Waals surface area contributed by atoms with Crippen LogP contribution in [0.5, 0.6) is 0 Å². The molecule has 0 spiro atoms. The second kappa shape index (κ2) is 1.70. The van der Waals surface area contributed by atoms with Gasteiger partial charge in [0, 0.05) is 6.20 Å². The summed E-state index contributed by atoms with van der Waals surface area (Å²) in [6.45, 7) is 0. The van der Waals surface area contributed by atoms with Crippen LogP contribution in [0.25, 0.3) is 11.0 Å². The lowest BCUT2D eigenvalue weighted by Crippen LogP contribution is -2.08. The van der Waals surface area contributed by atoms with Gasteiger partial charge in [-0.05, 0) is 12.1 Å². The number of hydrogen-bond acceptors (Lipinski definition) is 3. The lowest BCUT2D eigenvalue weighted by atomic mass is 10.4. The molecule has 50 valence electrons. The number of nitrogens with two attached hydrogens (primary N) is 1. The first-order valence-corrected chi connectivity index (χ1v) is 2.92. The first-order valence-electron chi connectivity index (χ1n) is 2.92. The van der Waals surface area contributed by atoms with E-state index in [9.17, 15) is 0 Å². The number of nitrogens with zero attached hydrogens (tertiary/aromatic N) is 3. The summed E-state index contributed by atoms with van der Waals surface area (Å²) in [5.41, 5.74) is 1.67. The third-order valence-corrected chi connectivity index (χ3v) is 1.37. The standard InChI is InChI=1S/C6H6N4/c7-10-6-2-1-3-8-5(6)4-9-10/h1-4H,7H2. The maximum atomic E-state index is 5.44. The highest BCUT2D eigenvalue weighted by atomic mass is 15.5. The Bertz CT molecular complexity index is 351. The summed E-state index contributed by atoms with van der Waals surface area (Å²) in [6.07, 6.45) is 3.35. The summed E-state index contributed by atoms with van der Waals surface area (Å²) in [5.74, 6) is 5.44. The molecule has 0 aliphatic carbocycles. The van der Waals surface area contributed by atoms with E-state index in [0.29, 0.717) is 0 Å². The van der Waals surface area contributed by atoms with Gasteiger partial charge in [0.05, 0.1) is 6.20 Å². The molecule has 0 radical (unpaired) electrons. The van der Waals surface area contributed by atoms with Crippen molar-refractivity contribution < 1.29 is 0 Å². The Hall–Kier alpha value is -1.58. The van der Waals surface area contributed by atoms with Gasteiger partial charge < -0.3 is 5.84 Å². The molecule has 0 aromatic carbocycles. The van der Waals surface area contributed by atoms with Crippen LogP contribution < -0.4 is 5.84 Å². The Kier molecular flexibility index (Phi) is 0.887. The molecule has 0 fully saturated rings. The van der Waals surface area contributed by atoms with E-state index in [1.54, 1.807) is 12.4 Å². The first kappa shape index (κ1) is 5.22. The van der Waals surface area contributed by atoms with E-state index >= 15 is 0 Å². The van der Waals surface area contributed by atoms with Gasteiger partial charge in [0.25, 0.3) is 0 Å². The van der Waals surface area contributed by atoms with E-state index in [1.807, 2.05) is 12.1 Å². The summed E-state index contributed by atoms with van der Waals surface area (Å²) < 4.78 is 0. The van der Waals surface area contributed by atoms with Gasteiger partial charge in [-0.1, -0.05) is 0 Å². The van der Waals surface area contributed by atoms with Gasteiger partial charge in [-0.25, -0.2) is 0 Å². The van der Waals surface area contributed by atoms with Crippen LogP contribution in [0.4, 0.5) is 0 Å². The summed E-state index contributed by atoms with van der Waals surface area (Å²) in [6, 6.07) is 3.70. The second-order valence-corrected chi connectivity index (χ2v) is 2.00. The van der Waals surface area contributed by atoms with Crippen molar-refractivity contribution in [3.05, 3.63) is 24.5 Å². The molecule has 0 amide bonds. The van der Waals surface area contributed by atoms with Gasteiger partial charge >= 0.3 is 0 Å². The van der Waals surface area contributed by atoms with Crippen molar-refractivity contribution in [1.82, 2.24) is 14.9 Å². The van der Waals surface area contributed by atoms with Crippen LogP contribution >= 0.6 is 0 Å². The predicted molar refractivity (Wildman–Crippen MR) is 37.7 cm³/mol. The lowest BCUT2D eigenvalue weighted by Gasteiger charge is -1.89. The Morgan fingerprint density at radius 1 is 1.50 bits per heavy atom. The average Bonchev–Trinajstić information content (AvgIpc) is 2.34. The summed E-state index contributed by atoms with van der Waals surface area (Å²) >= 11 is 0. The number of aromatic nitrogens is 3. The fourth-order valence-corrected chi connectivity index (χ4v) is 0.881. The van der Waals surface area contributed by atoms with E-state index in [0.717, 1.165) is 11.0 Å². The Morgan fingerprint density at radius 2 is 2.40 bits per heavy atom. The third-order valence-electron chi connectivity index (χ3n) is 1.37. The smallest absolute Gasteiger partial charge is 0.110 e. The predicted octanol–water partition coefficient (Wildman–Crippen LogP) is 0.145. The van der Waals surface area contributed by atoms with Gasteiger partial charge in [-0.3, -0.25) is 4.98 Å². The van der Waals surface area contributed by atoms with Crippen LogP contribution in [0.2, 0.25) is 0 Å². The second-order valence-electron chi connectivity index (χ2n) is 2.00. The number of rotatable bonds is 0. The maximum absolute atomic E-state index is 5.44. The number of pyridine rings is 1. The van der Waals surface area contributed by atoms with Crippen molar-refractivity contribution in [1.29, 1.82) is 0 Å². The molecule has 0 bridgehead atoms. The van der Waals surface area contributed by atoms with Crippen molar-refractivity contribution in [3.63, 3.8) is 0 Å². The molecular formula is C6H6N4. The summed E-state index contributed by atoms with van der Waals surface area (Å²) in [4.78, 5) is 5.35. The molecule has 0 aliphatic heterocycles. The van der Waals surface area contributed by atoms with Gasteiger partial charge in [0.2, 0.25) is 0 Å². The van der Waals surface area contributed by atoms with Gasteiger partial charge in [-0.2, -0.15) is 9.89 Å². The molecule has 0 aliphatic rings. The molecule has 2 aromatic heterocycles. The van der Waals surface area contributed by atoms with Crippen molar-refractivity contribution in [2.75, 3.05) is 5.84 Å². The molecule has 2 aromatic rings. The van der Waals surface area contributed by atoms with Gasteiger partial charge in [0.1, 0.15) is 11.0 Å². The van der Waals surface area contributed by atoms with E-state index in [2.05, 4.69) is 10.1 Å². The molecule has 4 heteroatoms. The van der Waals surface area contributed by atoms with Crippen LogP contribution in [0.15, 0.2) is 24.5 Å². The Balaban J connectivity index is 2.93. The van der Waals surface area contributed by atoms with Gasteiger partial charge in [0.15, 0.2) is 0 Å². The molecule has 0 unspecified atom stereocenters. The van der Waals surface area contributed by atoms with Crippen molar-refractivity contribution in [3.8, 4) is 0 Å². The van der Waals surface area contributed by atoms with Crippen LogP contribution in [-0.4, -0.2) is 14.9 Å². The fourth-order valence-electron chi connectivity index (χ4n) is 0.881. The van der Waals surface area contributed by atoms with Crippen molar-refractivity contribution in [2.45, 2.75) is 0 Å². The number of hydrogen-bond donors (Lipinski definition) is 1. The SMILES string of the molecule is Nn1ncc2ncccc21. The molecule has 0 saturated carbocycles. The van der Waals surface area contributed by atoms with Crippen LogP contribution in [-0.2, 0) is 0 Å². The highest BCUT2D eigenvalue weighted by molar-refractivity contribution is 5.73. The normalized spacial score (nSPS) is 10.4. The van der Waals surface area contributed by atoms with Crippen molar-refractivity contribution >= 4 is 11.0 Å². The van der Waals surface area contributed by atoms with Gasteiger partial charge in [-0.15, -0.1) is 0 Å². The minimum Gasteiger partial charge on any atom is -0.323 e. The number of nitrogen functional groups attached to an aromatic ring is 1. The van der Waals surface area contributed by atoms with E-state index < -0.39 is 0 Å². The fraction of sp³-hybridized carbons (Fsp3) is 0. The minimum absolute atomic E-state index is 0.824. The third kappa shape index (κ3) is 0.556. The zero-order chi connectivity index (χ0) is 6.97. The van der Waals surface area contributed by atoms with E-state index in [-0.39, 0.29) is 0 Å². The molecule has 10 heavy (non-hydrogen) atoms. The summed E-state index contributed by atoms with van der Waals surface area (Å²) in [5, 5.41) is 3.83. The zero-order valence-corrected chi connectivity index (χ0v) is 5.23. The molecule has 2 N–H and O–H groups in total. The van der Waals surface area contributed by atoms with E-state index in [1.165, 1.54) is 4.79 Å². The highest BCUT2D eigenvalue weighted by Gasteiger charge is 1.96. The maximum Gasteiger partial charge on any atom is 0.110 e. The molecular weight excluding hydrogens is 128 g/mol. The topological polar surface area (TPSA) is 56.7 Å². The number of fused-ring (bicyclic) bond motifs is 1. The quantitative estimate of drug-likeness (QED) is 0.521. The molecule has 4 nitrogen and oxygen atoms in total. The zero-order valence-electron chi connectivity index (χ0n) is 5.23. The Morgan fingerprint density at radius 3 is 3.20 bits per heavy atom. The summed E-state index contributed by atoms with van der Waals surface area (Å²) in [7, 11) is 0. The van der Waals surface area contributed by atoms with Crippen LogP contribution in [0.3, 0.4) is 0 Å². The Labute approximate surface area is 57.2 Å². The molecule has 0 atom stereocenters. The largest absolute Gasteiger partial charge is 0.323 e. The molecule has 2 heterocycles. The van der Waals surface area contributed by atoms with Crippen LogP contribution in [0.1, 0.15) is 0 Å². The lowest BCUT2D eigenvalue weighted by molar-refractivity contribution is 0.862. The highest BCUT2D eigenvalue weighted by Crippen LogP contribution is 2.05.